The van der Waals surface area contributed by atoms with Crippen molar-refractivity contribution in [2.45, 2.75) is 27.7 Å². The lowest BCUT2D eigenvalue weighted by Gasteiger charge is -2.06. The molecule has 0 radical (unpaired) electrons. The van der Waals surface area contributed by atoms with Gasteiger partial charge in [-0.15, -0.1) is 0 Å². The Labute approximate surface area is 123 Å². The Morgan fingerprint density at radius 1 is 1.19 bits per heavy atom. The fourth-order valence-electron chi connectivity index (χ4n) is 3.02. The van der Waals surface area contributed by atoms with Crippen molar-refractivity contribution in [2.24, 2.45) is 16.7 Å². The second-order valence-corrected chi connectivity index (χ2v) is 6.66. The molecule has 0 spiro atoms. The molecule has 1 fully saturated rings. The number of aromatic nitrogens is 2. The molecule has 0 unspecified atom stereocenters. The Morgan fingerprint density at radius 2 is 1.90 bits per heavy atom. The van der Waals surface area contributed by atoms with E-state index in [0.717, 1.165) is 5.56 Å². The number of carbonyl (C=O) groups excluding carboxylic acids is 1. The largest absolute Gasteiger partial charge is 0.443 e. The van der Waals surface area contributed by atoms with Gasteiger partial charge in [0, 0.05) is 17.7 Å². The normalized spacial score (nSPS) is 19.2. The van der Waals surface area contributed by atoms with Crippen LogP contribution in [0.2, 0.25) is 0 Å². The van der Waals surface area contributed by atoms with E-state index in [2.05, 4.69) is 43.0 Å². The molecule has 0 aromatic carbocycles. The van der Waals surface area contributed by atoms with Gasteiger partial charge in [0.25, 0.3) is 0 Å². The van der Waals surface area contributed by atoms with E-state index in [0.29, 0.717) is 11.6 Å². The highest BCUT2D eigenvalue weighted by Gasteiger charge is 2.68. The van der Waals surface area contributed by atoms with Gasteiger partial charge in [-0.25, -0.2) is 9.97 Å². The maximum Gasteiger partial charge on any atom is 0.229 e. The minimum atomic E-state index is 0.0146. The fraction of sp³-hybridized carbons (Fsp3) is 0.438. The molecule has 21 heavy (non-hydrogen) atoms. The molecule has 2 aromatic rings. The van der Waals surface area contributed by atoms with E-state index >= 15 is 0 Å². The van der Waals surface area contributed by atoms with Crippen molar-refractivity contribution in [2.75, 3.05) is 5.32 Å². The molecule has 1 aliphatic carbocycles. The number of hydrogen-bond donors (Lipinski definition) is 1. The number of pyridine rings is 1. The summed E-state index contributed by atoms with van der Waals surface area (Å²) in [4.78, 5) is 20.5. The highest BCUT2D eigenvalue weighted by atomic mass is 16.3. The summed E-state index contributed by atoms with van der Waals surface area (Å²) in [6.07, 6.45) is 4.67. The van der Waals surface area contributed by atoms with E-state index in [4.69, 9.17) is 4.42 Å². The Kier molecular flexibility index (Phi) is 2.90. The van der Waals surface area contributed by atoms with Crippen LogP contribution in [0.25, 0.3) is 11.3 Å². The molecule has 2 heterocycles. The van der Waals surface area contributed by atoms with Crippen LogP contribution >= 0.6 is 0 Å². The molecule has 1 N–H and O–H groups in total. The molecule has 0 saturated heterocycles. The minimum absolute atomic E-state index is 0.0146. The standard InChI is InChI=1S/C16H19N3O2/c1-15(2)13(16(15,3)4)14(20)19-12-6-5-10(7-18-12)11-8-17-9-21-11/h5-9,13H,1-4H3,(H,18,19,20). The van der Waals surface area contributed by atoms with Gasteiger partial charge in [-0.3, -0.25) is 4.79 Å². The van der Waals surface area contributed by atoms with Crippen LogP contribution in [0.1, 0.15) is 27.7 Å². The molecule has 1 saturated carbocycles. The lowest BCUT2D eigenvalue weighted by molar-refractivity contribution is -0.118. The zero-order valence-corrected chi connectivity index (χ0v) is 12.7. The highest BCUT2D eigenvalue weighted by molar-refractivity contribution is 5.95. The van der Waals surface area contributed by atoms with Crippen molar-refractivity contribution in [3.05, 3.63) is 30.9 Å². The van der Waals surface area contributed by atoms with Crippen molar-refractivity contribution < 1.29 is 9.21 Å². The molecular weight excluding hydrogens is 266 g/mol. The molecule has 0 atom stereocenters. The van der Waals surface area contributed by atoms with Crippen molar-refractivity contribution in [1.29, 1.82) is 0 Å². The number of amides is 1. The topological polar surface area (TPSA) is 68.0 Å². The number of carbonyl (C=O) groups is 1. The van der Waals surface area contributed by atoms with E-state index < -0.39 is 0 Å². The van der Waals surface area contributed by atoms with Gasteiger partial charge in [0.15, 0.2) is 12.2 Å². The van der Waals surface area contributed by atoms with Crippen LogP contribution in [0.15, 0.2) is 35.3 Å². The van der Waals surface area contributed by atoms with Gasteiger partial charge in [-0.1, -0.05) is 27.7 Å². The first-order chi connectivity index (χ1) is 9.84. The third kappa shape index (κ3) is 2.13. The van der Waals surface area contributed by atoms with Crippen LogP contribution in [-0.2, 0) is 4.79 Å². The summed E-state index contributed by atoms with van der Waals surface area (Å²) >= 11 is 0. The highest BCUT2D eigenvalue weighted by Crippen LogP contribution is 2.68. The first-order valence-corrected chi connectivity index (χ1v) is 7.00. The summed E-state index contributed by atoms with van der Waals surface area (Å²) in [6, 6.07) is 3.63. The molecular formula is C16H19N3O2. The van der Waals surface area contributed by atoms with Gasteiger partial charge in [-0.2, -0.15) is 0 Å². The lowest BCUT2D eigenvalue weighted by Crippen LogP contribution is -2.18. The van der Waals surface area contributed by atoms with Crippen molar-refractivity contribution in [3.8, 4) is 11.3 Å². The van der Waals surface area contributed by atoms with Crippen LogP contribution in [0.5, 0.6) is 0 Å². The summed E-state index contributed by atoms with van der Waals surface area (Å²) in [5.41, 5.74) is 0.880. The van der Waals surface area contributed by atoms with E-state index in [-0.39, 0.29) is 22.7 Å². The Morgan fingerprint density at radius 3 is 2.38 bits per heavy atom. The Balaban J connectivity index is 1.71. The predicted octanol–water partition coefficient (Wildman–Crippen LogP) is 3.36. The molecule has 110 valence electrons. The summed E-state index contributed by atoms with van der Waals surface area (Å²) in [5.74, 6) is 1.26. The maximum atomic E-state index is 12.3. The molecule has 0 bridgehead atoms. The summed E-state index contributed by atoms with van der Waals surface area (Å²) < 4.78 is 5.20. The zero-order chi connectivity index (χ0) is 15.3. The fourth-order valence-corrected chi connectivity index (χ4v) is 3.02. The number of nitrogens with zero attached hydrogens (tertiary/aromatic N) is 2. The lowest BCUT2D eigenvalue weighted by atomic mass is 10.0. The Bertz CT molecular complexity index is 643. The van der Waals surface area contributed by atoms with Crippen LogP contribution in [-0.4, -0.2) is 15.9 Å². The monoisotopic (exact) mass is 285 g/mol. The molecule has 2 aromatic heterocycles. The van der Waals surface area contributed by atoms with Crippen LogP contribution < -0.4 is 5.32 Å². The van der Waals surface area contributed by atoms with Gasteiger partial charge in [0.05, 0.1) is 6.20 Å². The minimum Gasteiger partial charge on any atom is -0.443 e. The Hall–Kier alpha value is -2.17. The van der Waals surface area contributed by atoms with E-state index in [1.165, 1.54) is 6.39 Å². The summed E-state index contributed by atoms with van der Waals surface area (Å²) in [6.45, 7) is 8.49. The first-order valence-electron chi connectivity index (χ1n) is 7.00. The van der Waals surface area contributed by atoms with Gasteiger partial charge < -0.3 is 9.73 Å². The third-order valence-electron chi connectivity index (χ3n) is 5.01. The SMILES string of the molecule is CC1(C)C(C(=O)Nc2ccc(-c3cnco3)cn2)C1(C)C. The summed E-state index contributed by atoms with van der Waals surface area (Å²) in [5, 5.41) is 2.89. The van der Waals surface area contributed by atoms with Crippen molar-refractivity contribution >= 4 is 11.7 Å². The molecule has 1 aliphatic rings. The van der Waals surface area contributed by atoms with Gasteiger partial charge in [-0.05, 0) is 23.0 Å². The van der Waals surface area contributed by atoms with E-state index in [1.807, 2.05) is 6.07 Å². The second kappa shape index (κ2) is 4.41. The smallest absolute Gasteiger partial charge is 0.229 e. The number of nitrogens with one attached hydrogen (secondary N) is 1. The molecule has 5 nitrogen and oxygen atoms in total. The maximum absolute atomic E-state index is 12.3. The summed E-state index contributed by atoms with van der Waals surface area (Å²) in [7, 11) is 0. The third-order valence-corrected chi connectivity index (χ3v) is 5.01. The van der Waals surface area contributed by atoms with Crippen molar-refractivity contribution in [3.63, 3.8) is 0 Å². The zero-order valence-electron chi connectivity index (χ0n) is 12.7. The van der Waals surface area contributed by atoms with E-state index in [1.54, 1.807) is 18.5 Å². The van der Waals surface area contributed by atoms with Gasteiger partial charge >= 0.3 is 0 Å². The average Bonchev–Trinajstić information content (AvgIpc) is 2.80. The van der Waals surface area contributed by atoms with Crippen molar-refractivity contribution in [1.82, 2.24) is 9.97 Å². The predicted molar refractivity (Wildman–Crippen MR) is 79.4 cm³/mol. The average molecular weight is 285 g/mol. The van der Waals surface area contributed by atoms with Gasteiger partial charge in [0.1, 0.15) is 5.82 Å². The molecule has 0 aliphatic heterocycles. The number of hydrogen-bond acceptors (Lipinski definition) is 4. The number of anilines is 1. The van der Waals surface area contributed by atoms with Crippen LogP contribution in [0.4, 0.5) is 5.82 Å². The second-order valence-electron chi connectivity index (χ2n) is 6.66. The quantitative estimate of drug-likeness (QED) is 0.939. The number of oxazole rings is 1. The number of rotatable bonds is 3. The van der Waals surface area contributed by atoms with Gasteiger partial charge in [0.2, 0.25) is 5.91 Å². The molecule has 5 heteroatoms. The molecule has 3 rings (SSSR count). The van der Waals surface area contributed by atoms with E-state index in [9.17, 15) is 4.79 Å². The first kappa shape index (κ1) is 13.8. The van der Waals surface area contributed by atoms with Crippen LogP contribution in [0, 0.1) is 16.7 Å². The molecule has 1 amide bonds. The van der Waals surface area contributed by atoms with Crippen LogP contribution in [0.3, 0.4) is 0 Å².